The molecule has 1 N–H and O–H groups in total. The molecule has 9 heteroatoms. The summed E-state index contributed by atoms with van der Waals surface area (Å²) in [6, 6.07) is 13.4. The van der Waals surface area contributed by atoms with E-state index in [9.17, 15) is 9.59 Å². The summed E-state index contributed by atoms with van der Waals surface area (Å²) in [7, 11) is 0. The van der Waals surface area contributed by atoms with Crippen LogP contribution in [0.15, 0.2) is 64.1 Å². The maximum atomic E-state index is 12.8. The normalized spacial score (nSPS) is 13.5. The standard InChI is InChI=1S/C22H22N6O3/c1-15-18(14-24-28(15)17-6-3-2-4-7-17)21(29)23-11-12-26-22(30)27(16-9-10-16)20(25-26)19-8-5-13-31-19/h2-8,13-14,16H,9-12H2,1H3,(H,23,29). The fraction of sp³-hybridized carbons (Fsp3) is 0.273. The first kappa shape index (κ1) is 19.1. The number of aromatic nitrogens is 5. The van der Waals surface area contributed by atoms with Gasteiger partial charge in [0.25, 0.3) is 5.91 Å². The zero-order valence-corrected chi connectivity index (χ0v) is 17.1. The van der Waals surface area contributed by atoms with Crippen molar-refractivity contribution in [2.75, 3.05) is 6.54 Å². The minimum absolute atomic E-state index is 0.169. The van der Waals surface area contributed by atoms with E-state index in [2.05, 4.69) is 15.5 Å². The number of amides is 1. The summed E-state index contributed by atoms with van der Waals surface area (Å²) < 4.78 is 10.2. The van der Waals surface area contributed by atoms with E-state index in [4.69, 9.17) is 4.42 Å². The molecule has 1 fully saturated rings. The zero-order valence-electron chi connectivity index (χ0n) is 17.1. The number of furan rings is 1. The second-order valence-electron chi connectivity index (χ2n) is 7.55. The lowest BCUT2D eigenvalue weighted by molar-refractivity contribution is 0.0951. The Hall–Kier alpha value is -3.88. The Morgan fingerprint density at radius 3 is 2.71 bits per heavy atom. The van der Waals surface area contributed by atoms with E-state index in [0.29, 0.717) is 17.1 Å². The highest BCUT2D eigenvalue weighted by Crippen LogP contribution is 2.36. The van der Waals surface area contributed by atoms with Gasteiger partial charge < -0.3 is 9.73 Å². The first-order chi connectivity index (χ1) is 15.1. The Bertz CT molecular complexity index is 1260. The van der Waals surface area contributed by atoms with E-state index < -0.39 is 0 Å². The van der Waals surface area contributed by atoms with Crippen molar-refractivity contribution in [3.63, 3.8) is 0 Å². The number of hydrogen-bond donors (Lipinski definition) is 1. The van der Waals surface area contributed by atoms with Crippen LogP contribution in [0.25, 0.3) is 17.3 Å². The summed E-state index contributed by atoms with van der Waals surface area (Å²) in [5.41, 5.74) is 1.95. The quantitative estimate of drug-likeness (QED) is 0.497. The second-order valence-corrected chi connectivity index (χ2v) is 7.55. The zero-order chi connectivity index (χ0) is 21.4. The van der Waals surface area contributed by atoms with E-state index >= 15 is 0 Å². The molecule has 0 saturated heterocycles. The molecule has 1 aromatic carbocycles. The summed E-state index contributed by atoms with van der Waals surface area (Å²) in [5, 5.41) is 11.6. The van der Waals surface area contributed by atoms with Crippen molar-refractivity contribution in [2.45, 2.75) is 32.4 Å². The van der Waals surface area contributed by atoms with Gasteiger partial charge in [-0.3, -0.25) is 9.36 Å². The summed E-state index contributed by atoms with van der Waals surface area (Å²) >= 11 is 0. The molecule has 3 heterocycles. The second kappa shape index (κ2) is 7.75. The molecule has 0 atom stereocenters. The van der Waals surface area contributed by atoms with Crippen molar-refractivity contribution in [2.24, 2.45) is 0 Å². The van der Waals surface area contributed by atoms with Crippen LogP contribution in [-0.2, 0) is 6.54 Å². The number of para-hydroxylation sites is 1. The van der Waals surface area contributed by atoms with Crippen LogP contribution in [0.4, 0.5) is 0 Å². The molecule has 5 rings (SSSR count). The van der Waals surface area contributed by atoms with Crippen molar-refractivity contribution < 1.29 is 9.21 Å². The largest absolute Gasteiger partial charge is 0.461 e. The maximum absolute atomic E-state index is 12.8. The summed E-state index contributed by atoms with van der Waals surface area (Å²) in [5.74, 6) is 0.861. The number of nitrogens with one attached hydrogen (secondary N) is 1. The summed E-state index contributed by atoms with van der Waals surface area (Å²) in [6.45, 7) is 2.39. The van der Waals surface area contributed by atoms with Gasteiger partial charge in [-0.15, -0.1) is 5.10 Å². The minimum Gasteiger partial charge on any atom is -0.461 e. The van der Waals surface area contributed by atoms with Crippen LogP contribution in [0.3, 0.4) is 0 Å². The van der Waals surface area contributed by atoms with Gasteiger partial charge in [0.1, 0.15) is 0 Å². The van der Waals surface area contributed by atoms with Gasteiger partial charge in [0.15, 0.2) is 5.76 Å². The van der Waals surface area contributed by atoms with Crippen LogP contribution in [0.5, 0.6) is 0 Å². The molecule has 4 aromatic rings. The molecular formula is C22H22N6O3. The van der Waals surface area contributed by atoms with E-state index in [-0.39, 0.29) is 30.7 Å². The number of carbonyl (C=O) groups excluding carboxylic acids is 1. The third-order valence-electron chi connectivity index (χ3n) is 5.39. The Labute approximate surface area is 177 Å². The van der Waals surface area contributed by atoms with Gasteiger partial charge in [-0.25, -0.2) is 14.2 Å². The molecule has 0 radical (unpaired) electrons. The monoisotopic (exact) mass is 418 g/mol. The molecule has 0 unspecified atom stereocenters. The van der Waals surface area contributed by atoms with E-state index in [1.807, 2.05) is 37.3 Å². The molecular weight excluding hydrogens is 396 g/mol. The SMILES string of the molecule is Cc1c(C(=O)NCCn2nc(-c3ccco3)n(C3CC3)c2=O)cnn1-c1ccccc1. The predicted octanol–water partition coefficient (Wildman–Crippen LogP) is 2.56. The molecule has 158 valence electrons. The van der Waals surface area contributed by atoms with Crippen molar-refractivity contribution in [1.29, 1.82) is 0 Å². The van der Waals surface area contributed by atoms with Gasteiger partial charge in [-0.2, -0.15) is 5.10 Å². The first-order valence-corrected chi connectivity index (χ1v) is 10.2. The topological polar surface area (TPSA) is 99.9 Å². The highest BCUT2D eigenvalue weighted by molar-refractivity contribution is 5.95. The van der Waals surface area contributed by atoms with Crippen molar-refractivity contribution >= 4 is 5.91 Å². The van der Waals surface area contributed by atoms with Crippen LogP contribution in [0.2, 0.25) is 0 Å². The average Bonchev–Trinajstić information content (AvgIpc) is 3.18. The minimum atomic E-state index is -0.236. The lowest BCUT2D eigenvalue weighted by Crippen LogP contribution is -2.32. The fourth-order valence-electron chi connectivity index (χ4n) is 3.63. The lowest BCUT2D eigenvalue weighted by atomic mass is 10.2. The van der Waals surface area contributed by atoms with Gasteiger partial charge in [0, 0.05) is 12.6 Å². The number of hydrogen-bond acceptors (Lipinski definition) is 5. The van der Waals surface area contributed by atoms with Gasteiger partial charge in [-0.1, -0.05) is 18.2 Å². The van der Waals surface area contributed by atoms with Gasteiger partial charge in [0.05, 0.1) is 35.9 Å². The number of carbonyl (C=O) groups is 1. The number of benzene rings is 1. The van der Waals surface area contributed by atoms with Crippen molar-refractivity contribution in [3.8, 4) is 17.3 Å². The number of nitrogens with zero attached hydrogens (tertiary/aromatic N) is 5. The van der Waals surface area contributed by atoms with Gasteiger partial charge >= 0.3 is 5.69 Å². The molecule has 0 bridgehead atoms. The highest BCUT2D eigenvalue weighted by atomic mass is 16.3. The molecule has 1 aliphatic carbocycles. The third kappa shape index (κ3) is 3.58. The molecule has 0 aliphatic heterocycles. The average molecular weight is 418 g/mol. The first-order valence-electron chi connectivity index (χ1n) is 10.2. The van der Waals surface area contributed by atoms with Gasteiger partial charge in [-0.05, 0) is 44.0 Å². The molecule has 3 aromatic heterocycles. The fourth-order valence-corrected chi connectivity index (χ4v) is 3.63. The molecule has 1 amide bonds. The highest BCUT2D eigenvalue weighted by Gasteiger charge is 2.31. The van der Waals surface area contributed by atoms with Crippen LogP contribution >= 0.6 is 0 Å². The van der Waals surface area contributed by atoms with E-state index in [1.54, 1.807) is 33.8 Å². The van der Waals surface area contributed by atoms with Crippen LogP contribution in [-0.4, -0.2) is 36.6 Å². The van der Waals surface area contributed by atoms with Crippen molar-refractivity contribution in [1.82, 2.24) is 29.4 Å². The van der Waals surface area contributed by atoms with Crippen molar-refractivity contribution in [3.05, 3.63) is 76.7 Å². The summed E-state index contributed by atoms with van der Waals surface area (Å²) in [6.07, 6.45) is 5.04. The van der Waals surface area contributed by atoms with Crippen LogP contribution < -0.4 is 11.0 Å². The molecule has 1 saturated carbocycles. The Morgan fingerprint density at radius 1 is 1.19 bits per heavy atom. The Morgan fingerprint density at radius 2 is 2.00 bits per heavy atom. The molecule has 9 nitrogen and oxygen atoms in total. The Kier molecular flexibility index (Phi) is 4.78. The Balaban J connectivity index is 1.29. The van der Waals surface area contributed by atoms with Crippen LogP contribution in [0, 0.1) is 6.92 Å². The smallest absolute Gasteiger partial charge is 0.346 e. The van der Waals surface area contributed by atoms with E-state index in [0.717, 1.165) is 24.2 Å². The van der Waals surface area contributed by atoms with Gasteiger partial charge in [0.2, 0.25) is 5.82 Å². The van der Waals surface area contributed by atoms with Crippen LogP contribution in [0.1, 0.15) is 34.9 Å². The third-order valence-corrected chi connectivity index (χ3v) is 5.39. The molecule has 31 heavy (non-hydrogen) atoms. The molecule has 0 spiro atoms. The number of rotatable bonds is 7. The summed E-state index contributed by atoms with van der Waals surface area (Å²) in [4.78, 5) is 25.5. The predicted molar refractivity (Wildman–Crippen MR) is 113 cm³/mol. The maximum Gasteiger partial charge on any atom is 0.346 e. The molecule has 1 aliphatic rings. The van der Waals surface area contributed by atoms with E-state index in [1.165, 1.54) is 4.68 Å². The lowest BCUT2D eigenvalue weighted by Gasteiger charge is -2.06.